The summed E-state index contributed by atoms with van der Waals surface area (Å²) in [5.41, 5.74) is 0.829. The van der Waals surface area contributed by atoms with Crippen LogP contribution in [0.1, 0.15) is 31.2 Å². The number of hydrogen-bond acceptors (Lipinski definition) is 2. The summed E-state index contributed by atoms with van der Waals surface area (Å²) in [6, 6.07) is 1.47. The molecule has 2 rings (SSSR count). The van der Waals surface area contributed by atoms with Crippen LogP contribution in [0.25, 0.3) is 0 Å². The highest BCUT2D eigenvalue weighted by Crippen LogP contribution is 2.23. The molecule has 80 valence electrons. The molecule has 15 heavy (non-hydrogen) atoms. The molecule has 1 unspecified atom stereocenters. The average molecular weight is 207 g/mol. The Bertz CT molecular complexity index is 364. The molecule has 1 aromatic rings. The number of carbonyl (C=O) groups excluding carboxylic acids is 1. The third-order valence-corrected chi connectivity index (χ3v) is 2.92. The van der Waals surface area contributed by atoms with Gasteiger partial charge in [-0.2, -0.15) is 0 Å². The van der Waals surface area contributed by atoms with Gasteiger partial charge in [0.25, 0.3) is 0 Å². The Morgan fingerprint density at radius 2 is 2.27 bits per heavy atom. The molecule has 1 saturated carbocycles. The normalized spacial score (nSPS) is 21.7. The SMILES string of the molecule is O=C1CCCCC1Cc1cncc(F)c1. The first-order chi connectivity index (χ1) is 7.25. The van der Waals surface area contributed by atoms with E-state index in [-0.39, 0.29) is 11.7 Å². The lowest BCUT2D eigenvalue weighted by molar-refractivity contribution is -0.124. The van der Waals surface area contributed by atoms with Crippen molar-refractivity contribution < 1.29 is 9.18 Å². The second-order valence-electron chi connectivity index (χ2n) is 4.12. The molecule has 0 aliphatic heterocycles. The van der Waals surface area contributed by atoms with E-state index in [1.165, 1.54) is 12.3 Å². The van der Waals surface area contributed by atoms with Gasteiger partial charge in [0.05, 0.1) is 6.20 Å². The lowest BCUT2D eigenvalue weighted by atomic mass is 9.84. The Hall–Kier alpha value is -1.25. The van der Waals surface area contributed by atoms with Gasteiger partial charge in [-0.05, 0) is 30.9 Å². The fraction of sp³-hybridized carbons (Fsp3) is 0.500. The number of Topliss-reactive ketones (excluding diaryl/α,β-unsaturated/α-hetero) is 1. The van der Waals surface area contributed by atoms with Gasteiger partial charge in [-0.25, -0.2) is 4.39 Å². The maximum atomic E-state index is 12.9. The highest BCUT2D eigenvalue weighted by atomic mass is 19.1. The van der Waals surface area contributed by atoms with E-state index in [2.05, 4.69) is 4.98 Å². The van der Waals surface area contributed by atoms with Crippen molar-refractivity contribution in [3.63, 3.8) is 0 Å². The average Bonchev–Trinajstić information content (AvgIpc) is 2.22. The number of ketones is 1. The number of carbonyl (C=O) groups is 1. The first-order valence-corrected chi connectivity index (χ1v) is 5.38. The standard InChI is InChI=1S/C12H14FNO/c13-11-6-9(7-14-8-11)5-10-3-1-2-4-12(10)15/h6-8,10H,1-5H2. The second-order valence-corrected chi connectivity index (χ2v) is 4.12. The van der Waals surface area contributed by atoms with Crippen LogP contribution in [0.5, 0.6) is 0 Å². The van der Waals surface area contributed by atoms with Gasteiger partial charge in [0.15, 0.2) is 0 Å². The van der Waals surface area contributed by atoms with Crippen molar-refractivity contribution in [2.45, 2.75) is 32.1 Å². The molecular weight excluding hydrogens is 193 g/mol. The zero-order chi connectivity index (χ0) is 10.7. The molecule has 1 aliphatic carbocycles. The quantitative estimate of drug-likeness (QED) is 0.745. The van der Waals surface area contributed by atoms with Crippen LogP contribution in [0.15, 0.2) is 18.5 Å². The Morgan fingerprint density at radius 3 is 3.00 bits per heavy atom. The van der Waals surface area contributed by atoms with E-state index in [0.29, 0.717) is 18.6 Å². The molecular formula is C12H14FNO. The minimum absolute atomic E-state index is 0.0855. The molecule has 1 heterocycles. The predicted molar refractivity (Wildman–Crippen MR) is 54.9 cm³/mol. The summed E-state index contributed by atoms with van der Waals surface area (Å²) >= 11 is 0. The van der Waals surface area contributed by atoms with Gasteiger partial charge >= 0.3 is 0 Å². The molecule has 1 fully saturated rings. The Labute approximate surface area is 88.5 Å². The number of nitrogens with zero attached hydrogens (tertiary/aromatic N) is 1. The first-order valence-electron chi connectivity index (χ1n) is 5.38. The zero-order valence-electron chi connectivity index (χ0n) is 8.58. The minimum Gasteiger partial charge on any atom is -0.299 e. The second kappa shape index (κ2) is 4.51. The lowest BCUT2D eigenvalue weighted by Gasteiger charge is -2.20. The van der Waals surface area contributed by atoms with Gasteiger partial charge in [-0.3, -0.25) is 9.78 Å². The van der Waals surface area contributed by atoms with Crippen molar-refractivity contribution in [3.05, 3.63) is 29.8 Å². The summed E-state index contributed by atoms with van der Waals surface area (Å²) in [7, 11) is 0. The van der Waals surface area contributed by atoms with E-state index in [0.717, 1.165) is 24.8 Å². The van der Waals surface area contributed by atoms with Crippen LogP contribution >= 0.6 is 0 Å². The van der Waals surface area contributed by atoms with E-state index in [9.17, 15) is 9.18 Å². The van der Waals surface area contributed by atoms with Gasteiger partial charge in [-0.1, -0.05) is 6.42 Å². The number of hydrogen-bond donors (Lipinski definition) is 0. The van der Waals surface area contributed by atoms with Gasteiger partial charge in [-0.15, -0.1) is 0 Å². The molecule has 0 N–H and O–H groups in total. The molecule has 1 atom stereocenters. The topological polar surface area (TPSA) is 30.0 Å². The largest absolute Gasteiger partial charge is 0.299 e. The van der Waals surface area contributed by atoms with E-state index < -0.39 is 0 Å². The summed E-state index contributed by atoms with van der Waals surface area (Å²) in [5.74, 6) is 0.0867. The van der Waals surface area contributed by atoms with Crippen molar-refractivity contribution >= 4 is 5.78 Å². The Morgan fingerprint density at radius 1 is 1.40 bits per heavy atom. The minimum atomic E-state index is -0.323. The highest BCUT2D eigenvalue weighted by molar-refractivity contribution is 5.81. The van der Waals surface area contributed by atoms with Crippen LogP contribution < -0.4 is 0 Å². The van der Waals surface area contributed by atoms with Crippen LogP contribution in [-0.2, 0) is 11.2 Å². The first kappa shape index (κ1) is 10.3. The van der Waals surface area contributed by atoms with Crippen molar-refractivity contribution in [2.75, 3.05) is 0 Å². The third kappa shape index (κ3) is 2.61. The number of aromatic nitrogens is 1. The van der Waals surface area contributed by atoms with E-state index in [1.54, 1.807) is 6.20 Å². The fourth-order valence-electron chi connectivity index (χ4n) is 2.12. The molecule has 0 spiro atoms. The number of pyridine rings is 1. The molecule has 3 heteroatoms. The molecule has 2 nitrogen and oxygen atoms in total. The molecule has 0 saturated heterocycles. The smallest absolute Gasteiger partial charge is 0.141 e. The number of rotatable bonds is 2. The van der Waals surface area contributed by atoms with Crippen LogP contribution in [0.4, 0.5) is 4.39 Å². The van der Waals surface area contributed by atoms with Crippen LogP contribution in [0.3, 0.4) is 0 Å². The highest BCUT2D eigenvalue weighted by Gasteiger charge is 2.22. The monoisotopic (exact) mass is 207 g/mol. The summed E-state index contributed by atoms with van der Waals surface area (Å²) in [6.07, 6.45) is 7.22. The molecule has 0 radical (unpaired) electrons. The molecule has 0 bridgehead atoms. The third-order valence-electron chi connectivity index (χ3n) is 2.92. The van der Waals surface area contributed by atoms with Gasteiger partial charge < -0.3 is 0 Å². The van der Waals surface area contributed by atoms with Crippen LogP contribution in [-0.4, -0.2) is 10.8 Å². The molecule has 1 aliphatic rings. The molecule has 0 aromatic carbocycles. The maximum absolute atomic E-state index is 12.9. The Kier molecular flexibility index (Phi) is 3.09. The van der Waals surface area contributed by atoms with E-state index in [1.807, 2.05) is 0 Å². The van der Waals surface area contributed by atoms with Gasteiger partial charge in [0, 0.05) is 18.5 Å². The van der Waals surface area contributed by atoms with Crippen molar-refractivity contribution in [1.82, 2.24) is 4.98 Å². The van der Waals surface area contributed by atoms with Gasteiger partial charge in [0.2, 0.25) is 0 Å². The summed E-state index contributed by atoms with van der Waals surface area (Å²) in [5, 5.41) is 0. The van der Waals surface area contributed by atoms with Crippen molar-refractivity contribution in [1.29, 1.82) is 0 Å². The van der Waals surface area contributed by atoms with Gasteiger partial charge in [0.1, 0.15) is 11.6 Å². The van der Waals surface area contributed by atoms with E-state index >= 15 is 0 Å². The van der Waals surface area contributed by atoms with Crippen LogP contribution in [0, 0.1) is 11.7 Å². The molecule has 1 aromatic heterocycles. The number of halogens is 1. The van der Waals surface area contributed by atoms with Crippen molar-refractivity contribution in [3.8, 4) is 0 Å². The lowest BCUT2D eigenvalue weighted by Crippen LogP contribution is -2.21. The summed E-state index contributed by atoms with van der Waals surface area (Å²) in [4.78, 5) is 15.4. The van der Waals surface area contributed by atoms with Crippen molar-refractivity contribution in [2.24, 2.45) is 5.92 Å². The summed E-state index contributed by atoms with van der Waals surface area (Å²) < 4.78 is 12.9. The van der Waals surface area contributed by atoms with E-state index in [4.69, 9.17) is 0 Å². The Balaban J connectivity index is 2.04. The molecule has 0 amide bonds. The maximum Gasteiger partial charge on any atom is 0.141 e. The zero-order valence-corrected chi connectivity index (χ0v) is 8.58. The summed E-state index contributed by atoms with van der Waals surface area (Å²) in [6.45, 7) is 0. The fourth-order valence-corrected chi connectivity index (χ4v) is 2.12. The van der Waals surface area contributed by atoms with Crippen LogP contribution in [0.2, 0.25) is 0 Å². The predicted octanol–water partition coefficient (Wildman–Crippen LogP) is 2.52.